The van der Waals surface area contributed by atoms with Gasteiger partial charge in [0.1, 0.15) is 57.5 Å². The maximum Gasteiger partial charge on any atom is 0.293 e. The van der Waals surface area contributed by atoms with Crippen LogP contribution in [0.2, 0.25) is 0 Å². The van der Waals surface area contributed by atoms with E-state index in [2.05, 4.69) is 99.9 Å². The number of halogens is 3. The van der Waals surface area contributed by atoms with E-state index < -0.39 is 41.6 Å². The third kappa shape index (κ3) is 22.7. The van der Waals surface area contributed by atoms with Gasteiger partial charge in [-0.25, -0.2) is 0 Å². The summed E-state index contributed by atoms with van der Waals surface area (Å²) in [6, 6.07) is 72.2. The lowest BCUT2D eigenvalue weighted by molar-refractivity contribution is -0.139. The van der Waals surface area contributed by atoms with Crippen molar-refractivity contribution in [2.75, 3.05) is 84.5 Å². The van der Waals surface area contributed by atoms with Gasteiger partial charge in [-0.1, -0.05) is 124 Å². The Hall–Kier alpha value is -13.2. The zero-order chi connectivity index (χ0) is 89.3. The molecule has 7 aliphatic rings. The molecule has 1 fully saturated rings. The Bertz CT molecular complexity index is 5630. The summed E-state index contributed by atoms with van der Waals surface area (Å²) >= 11 is 9.93. The number of rotatable bonds is 19. The van der Waals surface area contributed by atoms with Gasteiger partial charge in [0, 0.05) is 57.2 Å². The van der Waals surface area contributed by atoms with E-state index in [4.69, 9.17) is 57.7 Å². The molecular weight excluding hydrogens is 1800 g/mol. The highest BCUT2D eigenvalue weighted by atomic mass is 79.9. The lowest BCUT2D eigenvalue weighted by Crippen LogP contribution is -2.44. The number of para-hydroxylation sites is 12. The average molecular weight is 1900 g/mol. The molecule has 7 heterocycles. The summed E-state index contributed by atoms with van der Waals surface area (Å²) in [6.07, 6.45) is 5.44. The number of amides is 6. The van der Waals surface area contributed by atoms with Gasteiger partial charge in [-0.3, -0.25) is 33.7 Å². The number of nitrogens with zero attached hydrogens (tertiary/aromatic N) is 6. The van der Waals surface area contributed by atoms with Crippen LogP contribution in [0.1, 0.15) is 135 Å². The standard InChI is InChI=1S/C28H35N3O3.C21H21BrN2O3.C16H12N2O3.C15H12BrNO3.C8H6BrNO2.C8H7NO3/c1-20-10-9-11-21(2)30(20)16-7-4-8-17-31-24-12-5-6-13-26(24)34-27(28(31)32)23-18-22(19-29)14-15-25(23)33-3;1-26-18-10-9-15(14-23)13-16(18)20-21(25)24(12-6-2-5-11-22)17-7-3-4-8-19(17)27-20;1-20-13-7-6-10(9-17)8-11(13)15-16(19)18-12-4-2-3-5-14(12)21-15;1-19-12-7-6-9(16)8-10(12)14-15(18)17-11-4-2-3-5-13(11)20-14;9-7-8(11)10-5-3-1-2-4-6(5)12-7;10-7-8(11)12-6-4-2-1-3-5(6)9-7/h5-6,12-15,18,20-21,27H,4,7-11,16-17H2,1-3H3;3-4,7-10,13,20H,2,5-6,11-12H2,1H3;2-8,15H,1H3,(H,18,19);2-8,14H,1H3,(H,17,18);1-4,7H,(H,10,11);1-4,8,11H,(H,9,10)/t20-,21+,27?;;;;;. The number of nitriles is 3. The number of fused-ring (bicyclic) bond motifs is 6. The summed E-state index contributed by atoms with van der Waals surface area (Å²) in [6.45, 7) is 7.07. The number of nitrogens with one attached hydrogen (secondary N) is 4. The maximum absolute atomic E-state index is 13.6. The van der Waals surface area contributed by atoms with Crippen LogP contribution in [0.5, 0.6) is 57.5 Å². The first-order valence-corrected chi connectivity index (χ1v) is 43.6. The quantitative estimate of drug-likeness (QED) is 0.0371. The number of carbonyl (C=O) groups excluding carboxylic acids is 6. The van der Waals surface area contributed by atoms with E-state index in [1.54, 1.807) is 129 Å². The molecule has 6 amide bonds. The number of hydrogen-bond donors (Lipinski definition) is 5. The highest BCUT2D eigenvalue weighted by Gasteiger charge is 2.40. The Labute approximate surface area is 755 Å². The van der Waals surface area contributed by atoms with Crippen molar-refractivity contribution in [2.45, 2.75) is 119 Å². The minimum Gasteiger partial charge on any atom is -0.496 e. The molecule has 0 aromatic heterocycles. The molecule has 30 heteroatoms. The van der Waals surface area contributed by atoms with Crippen LogP contribution >= 0.6 is 47.8 Å². The van der Waals surface area contributed by atoms with E-state index in [0.29, 0.717) is 139 Å². The molecule has 126 heavy (non-hydrogen) atoms. The minimum atomic E-state index is -1.39. The van der Waals surface area contributed by atoms with Crippen LogP contribution in [0.3, 0.4) is 0 Å². The second-order valence-corrected chi connectivity index (χ2v) is 32.1. The molecule has 1 saturated heterocycles. The van der Waals surface area contributed by atoms with Crippen molar-refractivity contribution in [3.8, 4) is 75.7 Å². The first-order valence-electron chi connectivity index (χ1n) is 40.8. The zero-order valence-corrected chi connectivity index (χ0v) is 74.7. The third-order valence-electron chi connectivity index (χ3n) is 21.3. The number of piperidine rings is 1. The molecule has 0 bridgehead atoms. The first-order chi connectivity index (χ1) is 61.2. The number of aliphatic hydroxyl groups excluding tert-OH is 1. The Morgan fingerprint density at radius 1 is 0.397 bits per heavy atom. The van der Waals surface area contributed by atoms with Crippen molar-refractivity contribution in [1.82, 2.24) is 4.90 Å². The molecule has 0 saturated carbocycles. The predicted octanol–water partition coefficient (Wildman–Crippen LogP) is 18.3. The van der Waals surface area contributed by atoms with Crippen LogP contribution in [0.15, 0.2) is 223 Å². The number of ether oxygens (including phenoxy) is 10. The van der Waals surface area contributed by atoms with Crippen molar-refractivity contribution in [2.24, 2.45) is 0 Å². The number of methoxy groups -OCH3 is 4. The maximum atomic E-state index is 13.6. The van der Waals surface area contributed by atoms with Crippen LogP contribution in [0, 0.1) is 34.0 Å². The van der Waals surface area contributed by atoms with E-state index in [1.165, 1.54) is 26.4 Å². The van der Waals surface area contributed by atoms with Crippen molar-refractivity contribution in [3.63, 3.8) is 0 Å². The Morgan fingerprint density at radius 2 is 0.730 bits per heavy atom. The number of hydrogen-bond acceptors (Lipinski definition) is 21. The van der Waals surface area contributed by atoms with Gasteiger partial charge in [0.15, 0.2) is 0 Å². The monoisotopic (exact) mass is 1890 g/mol. The molecule has 0 aliphatic carbocycles. The number of anilines is 6. The second-order valence-electron chi connectivity index (χ2n) is 29.5. The topological polar surface area (TPSA) is 344 Å². The fourth-order valence-corrected chi connectivity index (χ4v) is 16.1. The number of benzene rings is 10. The summed E-state index contributed by atoms with van der Waals surface area (Å²) in [5, 5.41) is 47.8. The molecule has 6 unspecified atom stereocenters. The average Bonchev–Trinajstić information content (AvgIpc) is 0.761. The van der Waals surface area contributed by atoms with Gasteiger partial charge in [-0.15, -0.1) is 0 Å². The summed E-state index contributed by atoms with van der Waals surface area (Å²) < 4.78 is 56.3. The van der Waals surface area contributed by atoms with Crippen molar-refractivity contribution in [1.29, 1.82) is 15.8 Å². The SMILES string of the molecule is COc1ccc(Br)cc1C1Oc2ccccc2NC1=O.COc1ccc(C#N)cc1C1Oc2ccccc2N(CCCCCBr)C1=O.COc1ccc(C#N)cc1C1Oc2ccccc2N(CCCCCN2[C@H](C)CCC[C@@H]2C)C1=O.COc1ccc(C#N)cc1C1Oc2ccccc2NC1=O.O=C1Nc2ccccc2OC1Br.O=C1Nc2ccccc2OC1O. The van der Waals surface area contributed by atoms with Gasteiger partial charge >= 0.3 is 0 Å². The van der Waals surface area contributed by atoms with Gasteiger partial charge < -0.3 is 83.5 Å². The number of unbranched alkanes of at least 4 members (excludes halogenated alkanes) is 4. The molecule has 5 N–H and O–H groups in total. The van der Waals surface area contributed by atoms with Gasteiger partial charge in [-0.05, 0) is 220 Å². The van der Waals surface area contributed by atoms with E-state index >= 15 is 0 Å². The fraction of sp³-hybridized carbons (Fsp3) is 0.281. The fourth-order valence-electron chi connectivity index (χ4n) is 15.0. The lowest BCUT2D eigenvalue weighted by atomic mass is 9.97. The smallest absolute Gasteiger partial charge is 0.293 e. The van der Waals surface area contributed by atoms with Crippen LogP contribution in [-0.4, -0.2) is 122 Å². The molecule has 27 nitrogen and oxygen atoms in total. The van der Waals surface area contributed by atoms with Crippen LogP contribution in [0.4, 0.5) is 34.1 Å². The minimum absolute atomic E-state index is 0.120. The number of aliphatic hydroxyl groups is 1. The Balaban J connectivity index is 0.000000142. The molecule has 10 aromatic carbocycles. The summed E-state index contributed by atoms with van der Waals surface area (Å²) in [5.74, 6) is 4.50. The number of likely N-dealkylation sites (tertiary alicyclic amines) is 1. The number of carbonyl (C=O) groups is 6. The largest absolute Gasteiger partial charge is 0.496 e. The highest BCUT2D eigenvalue weighted by Crippen LogP contribution is 2.46. The Kier molecular flexibility index (Phi) is 32.5. The van der Waals surface area contributed by atoms with Gasteiger partial charge in [-0.2, -0.15) is 15.8 Å². The summed E-state index contributed by atoms with van der Waals surface area (Å²) in [7, 11) is 6.19. The van der Waals surface area contributed by atoms with Gasteiger partial charge in [0.05, 0.1) is 97.5 Å². The van der Waals surface area contributed by atoms with Crippen LogP contribution in [-0.2, 0) is 28.8 Å². The van der Waals surface area contributed by atoms with E-state index in [1.807, 2.05) is 126 Å². The molecule has 0 spiro atoms. The predicted molar refractivity (Wildman–Crippen MR) is 486 cm³/mol. The molecule has 8 atom stereocenters. The van der Waals surface area contributed by atoms with Gasteiger partial charge in [0.25, 0.3) is 41.7 Å². The molecular formula is C96H93Br3N10O17. The second kappa shape index (κ2) is 44.4. The van der Waals surface area contributed by atoms with Crippen molar-refractivity contribution >= 4 is 117 Å². The summed E-state index contributed by atoms with van der Waals surface area (Å²) in [4.78, 5) is 79.6. The molecule has 7 aliphatic heterocycles. The first kappa shape index (κ1) is 92.0. The lowest BCUT2D eigenvalue weighted by Gasteiger charge is -2.39. The summed E-state index contributed by atoms with van der Waals surface area (Å²) in [5.41, 5.74) is 7.97. The highest BCUT2D eigenvalue weighted by molar-refractivity contribution is 9.10. The Morgan fingerprint density at radius 3 is 1.14 bits per heavy atom. The van der Waals surface area contributed by atoms with Crippen molar-refractivity contribution in [3.05, 3.63) is 262 Å². The zero-order valence-electron chi connectivity index (χ0n) is 69.9. The van der Waals surface area contributed by atoms with Crippen molar-refractivity contribution < 1.29 is 81.2 Å². The van der Waals surface area contributed by atoms with E-state index in [9.17, 15) is 39.3 Å². The normalized spacial score (nSPS) is 18.8. The van der Waals surface area contributed by atoms with Crippen LogP contribution in [0.25, 0.3) is 0 Å². The molecule has 650 valence electrons. The number of alkyl halides is 2. The van der Waals surface area contributed by atoms with E-state index in [-0.39, 0.29) is 29.5 Å². The van der Waals surface area contributed by atoms with Crippen LogP contribution < -0.4 is 78.4 Å². The van der Waals surface area contributed by atoms with E-state index in [0.717, 1.165) is 71.9 Å². The molecule has 10 aromatic rings. The molecule has 17 rings (SSSR count). The molecule has 0 radical (unpaired) electrons. The van der Waals surface area contributed by atoms with Gasteiger partial charge in [0.2, 0.25) is 29.4 Å². The third-order valence-corrected chi connectivity index (χ3v) is 23.0.